The number of nitrogens with zero attached hydrogens (tertiary/aromatic N) is 2. The van der Waals surface area contributed by atoms with E-state index in [1.54, 1.807) is 24.1 Å². The van der Waals surface area contributed by atoms with E-state index in [9.17, 15) is 9.18 Å². The Kier molecular flexibility index (Phi) is 4.72. The molecule has 4 nitrogen and oxygen atoms in total. The van der Waals surface area contributed by atoms with Crippen molar-refractivity contribution >= 4 is 5.91 Å². The molecule has 0 radical (unpaired) electrons. The van der Waals surface area contributed by atoms with Crippen LogP contribution in [0.15, 0.2) is 18.2 Å². The van der Waals surface area contributed by atoms with Crippen LogP contribution in [0.25, 0.3) is 0 Å². The van der Waals surface area contributed by atoms with E-state index in [1.807, 2.05) is 4.90 Å². The Bertz CT molecular complexity index is 563. The zero-order chi connectivity index (χ0) is 14.5. The van der Waals surface area contributed by atoms with Crippen molar-refractivity contribution in [1.82, 2.24) is 9.80 Å². The minimum Gasteiger partial charge on any atom is -0.384 e. The lowest BCUT2D eigenvalue weighted by atomic mass is 10.1. The predicted octanol–water partition coefficient (Wildman–Crippen LogP) is 0.443. The number of aliphatic hydroxyl groups is 1. The van der Waals surface area contributed by atoms with Gasteiger partial charge in [0, 0.05) is 37.8 Å². The molecule has 1 fully saturated rings. The first-order valence-electron chi connectivity index (χ1n) is 6.44. The highest BCUT2D eigenvalue weighted by molar-refractivity contribution is 5.78. The fourth-order valence-electron chi connectivity index (χ4n) is 2.08. The second-order valence-electron chi connectivity index (χ2n) is 4.79. The molecule has 0 saturated carbocycles. The molecular weight excluding hydrogens is 259 g/mol. The maximum atomic E-state index is 14.0. The lowest BCUT2D eigenvalue weighted by molar-refractivity contribution is -0.134. The third kappa shape index (κ3) is 3.56. The second kappa shape index (κ2) is 6.51. The fourth-order valence-corrected chi connectivity index (χ4v) is 2.08. The first-order chi connectivity index (χ1) is 9.60. The van der Waals surface area contributed by atoms with Crippen LogP contribution in [0.5, 0.6) is 0 Å². The molecule has 1 aliphatic rings. The molecule has 1 aromatic carbocycles. The van der Waals surface area contributed by atoms with Gasteiger partial charge in [-0.05, 0) is 12.1 Å². The SMILES string of the molecule is CN1CCN(Cc2ccc(C#CCO)cc2F)CC1=O. The molecule has 5 heteroatoms. The Morgan fingerprint density at radius 2 is 2.20 bits per heavy atom. The number of piperazine rings is 1. The maximum Gasteiger partial charge on any atom is 0.236 e. The van der Waals surface area contributed by atoms with Gasteiger partial charge < -0.3 is 10.0 Å². The predicted molar refractivity (Wildman–Crippen MR) is 73.3 cm³/mol. The molecule has 0 unspecified atom stereocenters. The Morgan fingerprint density at radius 3 is 2.85 bits per heavy atom. The fraction of sp³-hybridized carbons (Fsp3) is 0.400. The number of halogens is 1. The Labute approximate surface area is 117 Å². The van der Waals surface area contributed by atoms with Gasteiger partial charge in [0.25, 0.3) is 0 Å². The van der Waals surface area contributed by atoms with Gasteiger partial charge in [0.15, 0.2) is 0 Å². The average Bonchev–Trinajstić information content (AvgIpc) is 2.43. The summed E-state index contributed by atoms with van der Waals surface area (Å²) in [6.45, 7) is 1.90. The summed E-state index contributed by atoms with van der Waals surface area (Å²) in [5, 5.41) is 8.60. The molecule has 1 aliphatic heterocycles. The highest BCUT2D eigenvalue weighted by atomic mass is 19.1. The quantitative estimate of drug-likeness (QED) is 0.797. The van der Waals surface area contributed by atoms with Crippen LogP contribution >= 0.6 is 0 Å². The third-order valence-electron chi connectivity index (χ3n) is 3.30. The van der Waals surface area contributed by atoms with Gasteiger partial charge in [0.05, 0.1) is 6.54 Å². The van der Waals surface area contributed by atoms with Crippen LogP contribution in [-0.2, 0) is 11.3 Å². The molecule has 1 N–H and O–H groups in total. The monoisotopic (exact) mass is 276 g/mol. The molecule has 2 rings (SSSR count). The Balaban J connectivity index is 2.05. The lowest BCUT2D eigenvalue weighted by Gasteiger charge is -2.31. The summed E-state index contributed by atoms with van der Waals surface area (Å²) >= 11 is 0. The normalized spacial score (nSPS) is 15.9. The van der Waals surface area contributed by atoms with Crippen molar-refractivity contribution in [3.05, 3.63) is 35.1 Å². The highest BCUT2D eigenvalue weighted by Crippen LogP contribution is 2.14. The number of likely N-dealkylation sites (N-methyl/N-ethyl adjacent to an activating group) is 1. The van der Waals surface area contributed by atoms with Crippen LogP contribution in [0.4, 0.5) is 4.39 Å². The zero-order valence-electron chi connectivity index (χ0n) is 11.4. The molecular formula is C15H17FN2O2. The van der Waals surface area contributed by atoms with Gasteiger partial charge in [-0.2, -0.15) is 0 Å². The van der Waals surface area contributed by atoms with E-state index >= 15 is 0 Å². The maximum absolute atomic E-state index is 14.0. The van der Waals surface area contributed by atoms with Gasteiger partial charge in [-0.25, -0.2) is 4.39 Å². The van der Waals surface area contributed by atoms with E-state index < -0.39 is 0 Å². The standard InChI is InChI=1S/C15H17FN2O2/c1-17-6-7-18(11-15(17)20)10-13-5-4-12(3-2-8-19)9-14(13)16/h4-5,9,19H,6-8,10-11H2,1H3. The largest absolute Gasteiger partial charge is 0.384 e. The summed E-state index contributed by atoms with van der Waals surface area (Å²) in [5.74, 6) is 4.87. The van der Waals surface area contributed by atoms with Crippen LogP contribution < -0.4 is 0 Å². The number of carbonyl (C=O) groups is 1. The molecule has 0 atom stereocenters. The molecule has 0 aromatic heterocycles. The van der Waals surface area contributed by atoms with E-state index in [0.717, 1.165) is 6.54 Å². The van der Waals surface area contributed by atoms with Gasteiger partial charge in [-0.15, -0.1) is 0 Å². The lowest BCUT2D eigenvalue weighted by Crippen LogP contribution is -2.48. The van der Waals surface area contributed by atoms with Crippen LogP contribution in [0, 0.1) is 17.7 Å². The van der Waals surface area contributed by atoms with Crippen LogP contribution in [0.1, 0.15) is 11.1 Å². The van der Waals surface area contributed by atoms with Crippen molar-refractivity contribution in [3.8, 4) is 11.8 Å². The smallest absolute Gasteiger partial charge is 0.236 e. The van der Waals surface area contributed by atoms with Gasteiger partial charge in [-0.3, -0.25) is 9.69 Å². The van der Waals surface area contributed by atoms with E-state index in [0.29, 0.717) is 30.8 Å². The van der Waals surface area contributed by atoms with Crippen molar-refractivity contribution in [2.75, 3.05) is 33.3 Å². The average molecular weight is 276 g/mol. The van der Waals surface area contributed by atoms with Gasteiger partial charge >= 0.3 is 0 Å². The molecule has 1 heterocycles. The molecule has 106 valence electrons. The second-order valence-corrected chi connectivity index (χ2v) is 4.79. The molecule has 0 aliphatic carbocycles. The summed E-state index contributed by atoms with van der Waals surface area (Å²) in [5.41, 5.74) is 1.09. The number of carbonyl (C=O) groups excluding carboxylic acids is 1. The number of hydrogen-bond acceptors (Lipinski definition) is 3. The van der Waals surface area contributed by atoms with E-state index in [-0.39, 0.29) is 18.3 Å². The number of amides is 1. The third-order valence-corrected chi connectivity index (χ3v) is 3.30. The summed E-state index contributed by atoms with van der Waals surface area (Å²) in [7, 11) is 1.77. The number of hydrogen-bond donors (Lipinski definition) is 1. The number of rotatable bonds is 2. The van der Waals surface area contributed by atoms with Crippen LogP contribution in [0.3, 0.4) is 0 Å². The molecule has 1 amide bonds. The Hall–Kier alpha value is -1.90. The summed E-state index contributed by atoms with van der Waals surface area (Å²) < 4.78 is 14.0. The molecule has 0 bridgehead atoms. The van der Waals surface area contributed by atoms with Crippen LogP contribution in [0.2, 0.25) is 0 Å². The highest BCUT2D eigenvalue weighted by Gasteiger charge is 2.21. The molecule has 20 heavy (non-hydrogen) atoms. The van der Waals surface area contributed by atoms with Gasteiger partial charge in [-0.1, -0.05) is 17.9 Å². The summed E-state index contributed by atoms with van der Waals surface area (Å²) in [6, 6.07) is 4.76. The first kappa shape index (κ1) is 14.5. The number of benzene rings is 1. The molecule has 1 aromatic rings. The van der Waals surface area contributed by atoms with Crippen molar-refractivity contribution in [1.29, 1.82) is 0 Å². The first-order valence-corrected chi connectivity index (χ1v) is 6.44. The zero-order valence-corrected chi connectivity index (χ0v) is 11.4. The van der Waals surface area contributed by atoms with E-state index in [2.05, 4.69) is 11.8 Å². The molecule has 0 spiro atoms. The van der Waals surface area contributed by atoms with E-state index in [1.165, 1.54) is 6.07 Å². The van der Waals surface area contributed by atoms with E-state index in [4.69, 9.17) is 5.11 Å². The summed E-state index contributed by atoms with van der Waals surface area (Å²) in [4.78, 5) is 15.2. The van der Waals surface area contributed by atoms with Gasteiger partial charge in [0.1, 0.15) is 12.4 Å². The minimum atomic E-state index is -0.332. The van der Waals surface area contributed by atoms with Crippen molar-refractivity contribution in [3.63, 3.8) is 0 Å². The van der Waals surface area contributed by atoms with Crippen molar-refractivity contribution in [2.45, 2.75) is 6.54 Å². The number of aliphatic hydroxyl groups excluding tert-OH is 1. The van der Waals surface area contributed by atoms with Gasteiger partial charge in [0.2, 0.25) is 5.91 Å². The summed E-state index contributed by atoms with van der Waals surface area (Å²) in [6.07, 6.45) is 0. The van der Waals surface area contributed by atoms with Crippen LogP contribution in [-0.4, -0.2) is 54.1 Å². The molecule has 1 saturated heterocycles. The van der Waals surface area contributed by atoms with Crippen molar-refractivity contribution < 1.29 is 14.3 Å². The minimum absolute atomic E-state index is 0.0575. The van der Waals surface area contributed by atoms with Crippen molar-refractivity contribution in [2.24, 2.45) is 0 Å². The topological polar surface area (TPSA) is 43.8 Å². The Morgan fingerprint density at radius 1 is 1.40 bits per heavy atom.